The molecule has 1 aromatic rings. The smallest absolute Gasteiger partial charge is 0.337 e. The van der Waals surface area contributed by atoms with E-state index in [4.69, 9.17) is 5.73 Å². The van der Waals surface area contributed by atoms with E-state index in [1.165, 1.54) is 18.2 Å². The van der Waals surface area contributed by atoms with E-state index in [0.717, 1.165) is 19.3 Å². The highest BCUT2D eigenvalue weighted by Crippen LogP contribution is 2.34. The number of hydrogen-bond donors (Lipinski definition) is 2. The quantitative estimate of drug-likeness (QED) is 0.696. The zero-order valence-electron chi connectivity index (χ0n) is 16.8. The fourth-order valence-corrected chi connectivity index (χ4v) is 6.33. The van der Waals surface area contributed by atoms with Crippen LogP contribution >= 0.6 is 0 Å². The summed E-state index contributed by atoms with van der Waals surface area (Å²) in [5.74, 6) is -1.32. The molecule has 29 heavy (non-hydrogen) atoms. The Morgan fingerprint density at radius 1 is 1.14 bits per heavy atom. The second-order valence-corrected chi connectivity index (χ2v) is 10.4. The number of aromatic carboxylic acids is 1. The molecule has 7 nitrogen and oxygen atoms in total. The van der Waals surface area contributed by atoms with Crippen molar-refractivity contribution < 1.29 is 23.1 Å². The van der Waals surface area contributed by atoms with E-state index >= 15 is 0 Å². The van der Waals surface area contributed by atoms with Gasteiger partial charge in [-0.1, -0.05) is 12.1 Å². The van der Waals surface area contributed by atoms with E-state index in [1.807, 2.05) is 7.05 Å². The van der Waals surface area contributed by atoms with Gasteiger partial charge in [0, 0.05) is 13.1 Å². The predicted molar refractivity (Wildman–Crippen MR) is 109 cm³/mol. The van der Waals surface area contributed by atoms with Crippen LogP contribution in [0.5, 0.6) is 0 Å². The molecule has 2 aliphatic carbocycles. The van der Waals surface area contributed by atoms with Crippen LogP contribution in [0.3, 0.4) is 0 Å². The molecule has 0 heterocycles. The number of carbonyl (C=O) groups is 2. The molecule has 0 bridgehead atoms. The molecule has 2 aliphatic rings. The van der Waals surface area contributed by atoms with E-state index < -0.39 is 21.8 Å². The first-order valence-corrected chi connectivity index (χ1v) is 11.9. The third-order valence-corrected chi connectivity index (χ3v) is 8.50. The number of likely N-dealkylation sites (N-methyl/N-ethyl adjacent to an activating group) is 1. The van der Waals surface area contributed by atoms with Crippen LogP contribution in [0.15, 0.2) is 29.2 Å². The molecule has 0 spiro atoms. The summed E-state index contributed by atoms with van der Waals surface area (Å²) in [7, 11) is -1.87. The molecule has 1 amide bonds. The van der Waals surface area contributed by atoms with Gasteiger partial charge in [0.05, 0.1) is 22.3 Å². The van der Waals surface area contributed by atoms with Crippen LogP contribution < -0.4 is 5.73 Å². The van der Waals surface area contributed by atoms with E-state index in [1.54, 1.807) is 11.0 Å². The number of hydrogen-bond acceptors (Lipinski definition) is 5. The average Bonchev–Trinajstić information content (AvgIpc) is 2.65. The largest absolute Gasteiger partial charge is 0.478 e. The van der Waals surface area contributed by atoms with Gasteiger partial charge in [0.1, 0.15) is 0 Å². The van der Waals surface area contributed by atoms with Crippen molar-refractivity contribution in [2.75, 3.05) is 12.8 Å². The zero-order chi connectivity index (χ0) is 21.2. The Bertz CT molecular complexity index is 858. The summed E-state index contributed by atoms with van der Waals surface area (Å²) in [6, 6.07) is 5.51. The summed E-state index contributed by atoms with van der Waals surface area (Å²) in [5, 5.41) is 9.27. The number of carbonyl (C=O) groups excluding carboxylic acids is 1. The first kappa shape index (κ1) is 21.8. The standard InChI is InChI=1S/C21H30N2O5S/c1-23(16-5-4-6-16)20(24)19(22)15-11-9-14(10-12-15)13-29(27,28)18-8-3-2-7-17(18)21(25)26/h2-3,7-8,14-16,19H,4-6,9-13,22H2,1H3,(H,25,26)/t14?,15?,19-/m0/s1. The first-order chi connectivity index (χ1) is 13.7. The van der Waals surface area contributed by atoms with Crippen molar-refractivity contribution in [3.8, 4) is 0 Å². The second-order valence-electron chi connectivity index (χ2n) is 8.42. The summed E-state index contributed by atoms with van der Waals surface area (Å²) in [4.78, 5) is 25.6. The Balaban J connectivity index is 1.58. The molecule has 0 aromatic heterocycles. The molecule has 1 atom stereocenters. The Hall–Kier alpha value is -1.93. The zero-order valence-corrected chi connectivity index (χ0v) is 17.6. The van der Waals surface area contributed by atoms with Crippen LogP contribution in [0.2, 0.25) is 0 Å². The van der Waals surface area contributed by atoms with Gasteiger partial charge in [-0.25, -0.2) is 13.2 Å². The lowest BCUT2D eigenvalue weighted by atomic mass is 9.78. The highest BCUT2D eigenvalue weighted by molar-refractivity contribution is 7.91. The maximum absolute atomic E-state index is 12.8. The van der Waals surface area contributed by atoms with Crippen molar-refractivity contribution >= 4 is 21.7 Å². The summed E-state index contributed by atoms with van der Waals surface area (Å²) >= 11 is 0. The molecule has 0 unspecified atom stereocenters. The van der Waals surface area contributed by atoms with Crippen molar-refractivity contribution in [1.29, 1.82) is 0 Å². The molecular weight excluding hydrogens is 392 g/mol. The Kier molecular flexibility index (Phi) is 6.63. The SMILES string of the molecule is CN(C(=O)[C@@H](N)C1CCC(CS(=O)(=O)c2ccccc2C(=O)O)CC1)C1CCC1. The minimum atomic E-state index is -3.70. The number of sulfone groups is 1. The number of rotatable bonds is 7. The number of carboxylic acid groups (broad SMARTS) is 1. The number of amides is 1. The Morgan fingerprint density at radius 3 is 2.31 bits per heavy atom. The fourth-order valence-electron chi connectivity index (χ4n) is 4.42. The third kappa shape index (κ3) is 4.80. The van der Waals surface area contributed by atoms with Crippen molar-refractivity contribution in [3.63, 3.8) is 0 Å². The topological polar surface area (TPSA) is 118 Å². The molecule has 0 radical (unpaired) electrons. The fraction of sp³-hybridized carbons (Fsp3) is 0.619. The lowest BCUT2D eigenvalue weighted by molar-refractivity contribution is -0.136. The van der Waals surface area contributed by atoms with E-state index in [-0.39, 0.29) is 34.0 Å². The van der Waals surface area contributed by atoms with Gasteiger partial charge < -0.3 is 15.7 Å². The first-order valence-electron chi connectivity index (χ1n) is 10.3. The van der Waals surface area contributed by atoms with Gasteiger partial charge in [-0.05, 0) is 68.9 Å². The minimum Gasteiger partial charge on any atom is -0.478 e. The van der Waals surface area contributed by atoms with Crippen LogP contribution in [0.25, 0.3) is 0 Å². The number of nitrogens with two attached hydrogens (primary N) is 1. The van der Waals surface area contributed by atoms with Crippen LogP contribution in [0.4, 0.5) is 0 Å². The van der Waals surface area contributed by atoms with Crippen LogP contribution in [0, 0.1) is 11.8 Å². The molecule has 0 saturated heterocycles. The minimum absolute atomic E-state index is 0.0128. The molecule has 8 heteroatoms. The summed E-state index contributed by atoms with van der Waals surface area (Å²) in [5.41, 5.74) is 6.06. The predicted octanol–water partition coefficient (Wildman–Crippen LogP) is 2.30. The van der Waals surface area contributed by atoms with Gasteiger partial charge in [-0.3, -0.25) is 4.79 Å². The van der Waals surface area contributed by atoms with Crippen LogP contribution in [-0.2, 0) is 14.6 Å². The molecule has 3 rings (SSSR count). The number of carboxylic acids is 1. The van der Waals surface area contributed by atoms with Crippen LogP contribution in [-0.4, -0.2) is 55.2 Å². The molecule has 160 valence electrons. The monoisotopic (exact) mass is 422 g/mol. The molecule has 2 saturated carbocycles. The van der Waals surface area contributed by atoms with Crippen molar-refractivity contribution in [3.05, 3.63) is 29.8 Å². The lowest BCUT2D eigenvalue weighted by Crippen LogP contribution is -2.52. The van der Waals surface area contributed by atoms with Crippen molar-refractivity contribution in [1.82, 2.24) is 4.90 Å². The van der Waals surface area contributed by atoms with Gasteiger partial charge in [-0.15, -0.1) is 0 Å². The highest BCUT2D eigenvalue weighted by atomic mass is 32.2. The second kappa shape index (κ2) is 8.83. The van der Waals surface area contributed by atoms with Gasteiger partial charge in [0.2, 0.25) is 5.91 Å². The Labute approximate surface area is 172 Å². The number of nitrogens with zero attached hydrogens (tertiary/aromatic N) is 1. The third-order valence-electron chi connectivity index (χ3n) is 6.56. The van der Waals surface area contributed by atoms with E-state index in [0.29, 0.717) is 31.7 Å². The average molecular weight is 423 g/mol. The van der Waals surface area contributed by atoms with Gasteiger partial charge in [-0.2, -0.15) is 0 Å². The maximum Gasteiger partial charge on any atom is 0.337 e. The van der Waals surface area contributed by atoms with Gasteiger partial charge in [0.15, 0.2) is 9.84 Å². The normalized spacial score (nSPS) is 23.8. The molecule has 2 fully saturated rings. The molecular formula is C21H30N2O5S. The van der Waals surface area contributed by atoms with E-state index in [9.17, 15) is 23.1 Å². The lowest BCUT2D eigenvalue weighted by Gasteiger charge is -2.38. The summed E-state index contributed by atoms with van der Waals surface area (Å²) in [6.45, 7) is 0. The molecule has 3 N–H and O–H groups in total. The van der Waals surface area contributed by atoms with Crippen molar-refractivity contribution in [2.45, 2.75) is 61.9 Å². The molecule has 0 aliphatic heterocycles. The van der Waals surface area contributed by atoms with Gasteiger partial charge >= 0.3 is 5.97 Å². The van der Waals surface area contributed by atoms with Gasteiger partial charge in [0.25, 0.3) is 0 Å². The van der Waals surface area contributed by atoms with E-state index in [2.05, 4.69) is 0 Å². The number of benzene rings is 1. The Morgan fingerprint density at radius 2 is 1.76 bits per heavy atom. The summed E-state index contributed by atoms with van der Waals surface area (Å²) in [6.07, 6.45) is 6.01. The van der Waals surface area contributed by atoms with Crippen molar-refractivity contribution in [2.24, 2.45) is 17.6 Å². The highest BCUT2D eigenvalue weighted by Gasteiger charge is 2.35. The summed E-state index contributed by atoms with van der Waals surface area (Å²) < 4.78 is 25.6. The molecule has 1 aromatic carbocycles. The van der Waals surface area contributed by atoms with Crippen LogP contribution in [0.1, 0.15) is 55.3 Å². The maximum atomic E-state index is 12.8.